The highest BCUT2D eigenvalue weighted by Gasteiger charge is 2.17. The molecule has 16 heavy (non-hydrogen) atoms. The molecule has 3 heteroatoms. The average Bonchev–Trinajstić information content (AvgIpc) is 2.76. The second kappa shape index (κ2) is 4.56. The van der Waals surface area contributed by atoms with Gasteiger partial charge in [-0.15, -0.1) is 0 Å². The minimum Gasteiger partial charge on any atom is -0.294 e. The molecule has 0 aliphatic heterocycles. The molecule has 0 spiro atoms. The van der Waals surface area contributed by atoms with Crippen LogP contribution in [-0.2, 0) is 11.2 Å². The molecule has 0 fully saturated rings. The Hall–Kier alpha value is -1.51. The van der Waals surface area contributed by atoms with Gasteiger partial charge in [0.25, 0.3) is 0 Å². The summed E-state index contributed by atoms with van der Waals surface area (Å²) in [6.45, 7) is 0. The highest BCUT2D eigenvalue weighted by molar-refractivity contribution is 5.97. The van der Waals surface area contributed by atoms with Crippen molar-refractivity contribution in [3.8, 4) is 0 Å². The van der Waals surface area contributed by atoms with E-state index < -0.39 is 11.6 Å². The number of halogens is 2. The Morgan fingerprint density at radius 1 is 1.25 bits per heavy atom. The average molecular weight is 222 g/mol. The summed E-state index contributed by atoms with van der Waals surface area (Å²) in [6.07, 6.45) is 4.27. The molecule has 84 valence electrons. The monoisotopic (exact) mass is 222 g/mol. The number of ketones is 1. The lowest BCUT2D eigenvalue weighted by Gasteiger charge is -2.04. The fourth-order valence-corrected chi connectivity index (χ4v) is 1.90. The standard InChI is InChI=1S/C13H12F2O/c14-11-6-3-7-12(15)10(11)8-13(16)9-4-1-2-5-9/h3-4,6-7H,1-2,5,8H2. The second-order valence-corrected chi connectivity index (χ2v) is 3.92. The first-order valence-electron chi connectivity index (χ1n) is 5.33. The van der Waals surface area contributed by atoms with Crippen LogP contribution in [0, 0.1) is 11.6 Å². The second-order valence-electron chi connectivity index (χ2n) is 3.92. The Bertz CT molecular complexity index is 429. The van der Waals surface area contributed by atoms with E-state index >= 15 is 0 Å². The van der Waals surface area contributed by atoms with E-state index in [0.29, 0.717) is 5.57 Å². The van der Waals surface area contributed by atoms with Crippen LogP contribution in [0.1, 0.15) is 24.8 Å². The van der Waals surface area contributed by atoms with Crippen LogP contribution in [0.3, 0.4) is 0 Å². The largest absolute Gasteiger partial charge is 0.294 e. The minimum atomic E-state index is -0.646. The molecule has 2 rings (SSSR count). The van der Waals surface area contributed by atoms with E-state index in [9.17, 15) is 13.6 Å². The Balaban J connectivity index is 2.17. The fourth-order valence-electron chi connectivity index (χ4n) is 1.90. The molecule has 0 atom stereocenters. The van der Waals surface area contributed by atoms with Crippen LogP contribution >= 0.6 is 0 Å². The Morgan fingerprint density at radius 2 is 1.94 bits per heavy atom. The predicted molar refractivity (Wildman–Crippen MR) is 57.0 cm³/mol. The quantitative estimate of drug-likeness (QED) is 0.767. The number of allylic oxidation sites excluding steroid dienone is 2. The lowest BCUT2D eigenvalue weighted by Crippen LogP contribution is -2.08. The maximum Gasteiger partial charge on any atom is 0.163 e. The third kappa shape index (κ3) is 2.18. The highest BCUT2D eigenvalue weighted by Crippen LogP contribution is 2.21. The van der Waals surface area contributed by atoms with Crippen LogP contribution in [0.5, 0.6) is 0 Å². The van der Waals surface area contributed by atoms with E-state index in [1.54, 1.807) is 0 Å². The summed E-state index contributed by atoms with van der Waals surface area (Å²) < 4.78 is 26.6. The number of hydrogen-bond acceptors (Lipinski definition) is 1. The van der Waals surface area contributed by atoms with Gasteiger partial charge in [-0.05, 0) is 37.0 Å². The molecule has 0 heterocycles. The van der Waals surface area contributed by atoms with Crippen LogP contribution in [0.4, 0.5) is 8.78 Å². The normalized spacial score (nSPS) is 15.0. The molecule has 0 N–H and O–H groups in total. The number of carbonyl (C=O) groups is 1. The van der Waals surface area contributed by atoms with Gasteiger partial charge in [0, 0.05) is 12.0 Å². The van der Waals surface area contributed by atoms with Crippen LogP contribution < -0.4 is 0 Å². The van der Waals surface area contributed by atoms with E-state index in [2.05, 4.69) is 0 Å². The molecule has 1 nitrogen and oxygen atoms in total. The highest BCUT2D eigenvalue weighted by atomic mass is 19.1. The van der Waals surface area contributed by atoms with E-state index in [1.807, 2.05) is 6.08 Å². The fraction of sp³-hybridized carbons (Fsp3) is 0.308. The summed E-state index contributed by atoms with van der Waals surface area (Å²) in [5.74, 6) is -1.46. The molecule has 0 bridgehead atoms. The van der Waals surface area contributed by atoms with Crippen molar-refractivity contribution < 1.29 is 13.6 Å². The number of rotatable bonds is 3. The minimum absolute atomic E-state index is 0.125. The van der Waals surface area contributed by atoms with Gasteiger partial charge in [-0.2, -0.15) is 0 Å². The molecule has 1 aliphatic carbocycles. The van der Waals surface area contributed by atoms with Gasteiger partial charge in [-0.25, -0.2) is 8.78 Å². The first kappa shape index (κ1) is 11.0. The third-order valence-electron chi connectivity index (χ3n) is 2.80. The molecule has 0 amide bonds. The summed E-state index contributed by atoms with van der Waals surface area (Å²) in [5.41, 5.74) is 0.586. The molecule has 1 aliphatic rings. The van der Waals surface area contributed by atoms with Crippen LogP contribution in [-0.4, -0.2) is 5.78 Å². The SMILES string of the molecule is O=C(Cc1c(F)cccc1F)C1=CCCC1. The van der Waals surface area contributed by atoms with Gasteiger partial charge in [-0.1, -0.05) is 12.1 Å². The number of Topliss-reactive ketones (excluding diaryl/α,β-unsaturated/α-hetero) is 1. The molecule has 0 saturated carbocycles. The molecular weight excluding hydrogens is 210 g/mol. The number of benzene rings is 1. The topological polar surface area (TPSA) is 17.1 Å². The van der Waals surface area contributed by atoms with Gasteiger partial charge in [0.15, 0.2) is 5.78 Å². The lowest BCUT2D eigenvalue weighted by molar-refractivity contribution is -0.115. The van der Waals surface area contributed by atoms with Crippen molar-refractivity contribution in [1.82, 2.24) is 0 Å². The predicted octanol–water partition coefficient (Wildman–Crippen LogP) is 3.19. The summed E-state index contributed by atoms with van der Waals surface area (Å²) in [6, 6.07) is 3.65. The number of hydrogen-bond donors (Lipinski definition) is 0. The Kier molecular flexibility index (Phi) is 3.13. The molecule has 0 saturated heterocycles. The zero-order chi connectivity index (χ0) is 11.5. The molecule has 0 radical (unpaired) electrons. The van der Waals surface area contributed by atoms with E-state index in [1.165, 1.54) is 18.2 Å². The van der Waals surface area contributed by atoms with E-state index in [4.69, 9.17) is 0 Å². The van der Waals surface area contributed by atoms with Crippen molar-refractivity contribution in [2.24, 2.45) is 0 Å². The van der Waals surface area contributed by atoms with Gasteiger partial charge >= 0.3 is 0 Å². The molecule has 0 aromatic heterocycles. The first-order valence-corrected chi connectivity index (χ1v) is 5.33. The number of carbonyl (C=O) groups excluding carboxylic acids is 1. The van der Waals surface area contributed by atoms with Crippen molar-refractivity contribution in [1.29, 1.82) is 0 Å². The lowest BCUT2D eigenvalue weighted by atomic mass is 10.0. The van der Waals surface area contributed by atoms with Gasteiger partial charge < -0.3 is 0 Å². The maximum absolute atomic E-state index is 13.3. The molecule has 0 unspecified atom stereocenters. The van der Waals surface area contributed by atoms with Crippen molar-refractivity contribution in [3.05, 3.63) is 47.0 Å². The van der Waals surface area contributed by atoms with Crippen LogP contribution in [0.15, 0.2) is 29.8 Å². The zero-order valence-electron chi connectivity index (χ0n) is 8.80. The van der Waals surface area contributed by atoms with Crippen molar-refractivity contribution >= 4 is 5.78 Å². The van der Waals surface area contributed by atoms with E-state index in [0.717, 1.165) is 19.3 Å². The maximum atomic E-state index is 13.3. The third-order valence-corrected chi connectivity index (χ3v) is 2.80. The zero-order valence-corrected chi connectivity index (χ0v) is 8.80. The van der Waals surface area contributed by atoms with Gasteiger partial charge in [0.1, 0.15) is 11.6 Å². The van der Waals surface area contributed by atoms with Gasteiger partial charge in [0.2, 0.25) is 0 Å². The summed E-state index contributed by atoms with van der Waals surface area (Å²) in [7, 11) is 0. The Labute approximate surface area is 92.8 Å². The molecule has 1 aromatic rings. The van der Waals surface area contributed by atoms with Crippen molar-refractivity contribution in [2.75, 3.05) is 0 Å². The van der Waals surface area contributed by atoms with Crippen molar-refractivity contribution in [2.45, 2.75) is 25.7 Å². The summed E-state index contributed by atoms with van der Waals surface area (Å²) in [4.78, 5) is 11.7. The van der Waals surface area contributed by atoms with Crippen LogP contribution in [0.2, 0.25) is 0 Å². The Morgan fingerprint density at radius 3 is 2.50 bits per heavy atom. The molecule has 1 aromatic carbocycles. The van der Waals surface area contributed by atoms with Crippen LogP contribution in [0.25, 0.3) is 0 Å². The smallest absolute Gasteiger partial charge is 0.163 e. The molecular formula is C13H12F2O. The van der Waals surface area contributed by atoms with Gasteiger partial charge in [-0.3, -0.25) is 4.79 Å². The summed E-state index contributed by atoms with van der Waals surface area (Å²) in [5, 5.41) is 0. The van der Waals surface area contributed by atoms with Gasteiger partial charge in [0.05, 0.1) is 0 Å². The summed E-state index contributed by atoms with van der Waals surface area (Å²) >= 11 is 0. The van der Waals surface area contributed by atoms with E-state index in [-0.39, 0.29) is 17.8 Å². The van der Waals surface area contributed by atoms with Crippen molar-refractivity contribution in [3.63, 3.8) is 0 Å². The first-order chi connectivity index (χ1) is 7.68.